The first-order valence-corrected chi connectivity index (χ1v) is 7.98. The Bertz CT molecular complexity index is 673. The Kier molecular flexibility index (Phi) is 5.00. The highest BCUT2D eigenvalue weighted by Crippen LogP contribution is 2.39. The number of hydrogen-bond donors (Lipinski definition) is 3. The van der Waals surface area contributed by atoms with Crippen molar-refractivity contribution in [1.82, 2.24) is 9.55 Å². The van der Waals surface area contributed by atoms with Gasteiger partial charge in [0, 0.05) is 32.2 Å². The fraction of sp³-hybridized carbons (Fsp3) is 0.636. The molecular formula is C11H17N2O8P. The van der Waals surface area contributed by atoms with Gasteiger partial charge in [0.15, 0.2) is 5.72 Å². The average molecular weight is 336 g/mol. The maximum atomic E-state index is 11.9. The maximum absolute atomic E-state index is 11.9. The zero-order chi connectivity index (χ0) is 16.4. The molecule has 1 aromatic heterocycles. The lowest BCUT2D eigenvalue weighted by Crippen LogP contribution is -2.54. The minimum absolute atomic E-state index is 0.134. The third kappa shape index (κ3) is 3.92. The molecule has 0 bridgehead atoms. The van der Waals surface area contributed by atoms with Crippen molar-refractivity contribution in [2.45, 2.75) is 24.7 Å². The Balaban J connectivity index is 2.17. The molecule has 0 amide bonds. The third-order valence-electron chi connectivity index (χ3n) is 3.43. The lowest BCUT2D eigenvalue weighted by atomic mass is 9.97. The van der Waals surface area contributed by atoms with E-state index in [1.54, 1.807) is 0 Å². The monoisotopic (exact) mass is 336 g/mol. The van der Waals surface area contributed by atoms with Crippen molar-refractivity contribution >= 4 is 7.82 Å². The molecule has 0 aromatic carbocycles. The summed E-state index contributed by atoms with van der Waals surface area (Å²) in [6.45, 7) is 0.0609. The van der Waals surface area contributed by atoms with Crippen molar-refractivity contribution < 1.29 is 28.3 Å². The Hall–Kier alpha value is -1.29. The Labute approximate surface area is 124 Å². The molecule has 1 aliphatic heterocycles. The summed E-state index contributed by atoms with van der Waals surface area (Å²) in [4.78, 5) is 42.6. The molecule has 1 aromatic rings. The van der Waals surface area contributed by atoms with E-state index in [0.29, 0.717) is 13.0 Å². The van der Waals surface area contributed by atoms with Gasteiger partial charge < -0.3 is 19.3 Å². The summed E-state index contributed by atoms with van der Waals surface area (Å²) in [5.74, 6) is 0. The topological polar surface area (TPSA) is 140 Å². The van der Waals surface area contributed by atoms with E-state index in [2.05, 4.69) is 9.51 Å². The van der Waals surface area contributed by atoms with Crippen LogP contribution in [-0.4, -0.2) is 45.8 Å². The highest BCUT2D eigenvalue weighted by atomic mass is 31.2. The third-order valence-corrected chi connectivity index (χ3v) is 3.92. The fourth-order valence-corrected chi connectivity index (χ4v) is 2.63. The molecule has 1 fully saturated rings. The second kappa shape index (κ2) is 6.45. The van der Waals surface area contributed by atoms with Crippen LogP contribution in [0.1, 0.15) is 12.8 Å². The van der Waals surface area contributed by atoms with Gasteiger partial charge in [0.05, 0.1) is 19.3 Å². The van der Waals surface area contributed by atoms with Gasteiger partial charge in [-0.25, -0.2) is 9.36 Å². The first kappa shape index (κ1) is 17.1. The van der Waals surface area contributed by atoms with E-state index in [1.807, 2.05) is 0 Å². The van der Waals surface area contributed by atoms with Crippen molar-refractivity contribution in [1.29, 1.82) is 0 Å². The Morgan fingerprint density at radius 3 is 2.68 bits per heavy atom. The van der Waals surface area contributed by atoms with Gasteiger partial charge in [-0.2, -0.15) is 0 Å². The number of phosphoric ester groups is 1. The van der Waals surface area contributed by atoms with Crippen LogP contribution in [0.4, 0.5) is 0 Å². The SMILES string of the molecule is CO[C@H](COP(=O)(O)O)C[C@@]1(n2ccc(=O)[nH]c2=O)CCO1. The Morgan fingerprint density at radius 2 is 2.23 bits per heavy atom. The van der Waals surface area contributed by atoms with Crippen LogP contribution in [0.25, 0.3) is 0 Å². The first-order chi connectivity index (χ1) is 10.3. The summed E-state index contributed by atoms with van der Waals surface area (Å²) in [7, 11) is -3.26. The molecule has 124 valence electrons. The first-order valence-electron chi connectivity index (χ1n) is 6.45. The largest absolute Gasteiger partial charge is 0.469 e. The summed E-state index contributed by atoms with van der Waals surface area (Å²) < 4.78 is 27.0. The molecule has 2 rings (SSSR count). The van der Waals surface area contributed by atoms with Crippen LogP contribution in [0.5, 0.6) is 0 Å². The maximum Gasteiger partial charge on any atom is 0.469 e. The predicted molar refractivity (Wildman–Crippen MR) is 73.3 cm³/mol. The van der Waals surface area contributed by atoms with Crippen molar-refractivity contribution in [3.8, 4) is 0 Å². The van der Waals surface area contributed by atoms with Gasteiger partial charge in [-0.1, -0.05) is 0 Å². The van der Waals surface area contributed by atoms with E-state index in [0.717, 1.165) is 0 Å². The molecule has 0 saturated carbocycles. The minimum atomic E-state index is -4.61. The van der Waals surface area contributed by atoms with Crippen LogP contribution in [0.15, 0.2) is 21.9 Å². The molecule has 1 saturated heterocycles. The van der Waals surface area contributed by atoms with E-state index in [4.69, 9.17) is 19.3 Å². The number of H-pyrrole nitrogens is 1. The van der Waals surface area contributed by atoms with Crippen LogP contribution in [0.2, 0.25) is 0 Å². The molecular weight excluding hydrogens is 319 g/mol. The number of aromatic nitrogens is 2. The smallest absolute Gasteiger partial charge is 0.379 e. The quantitative estimate of drug-likeness (QED) is 0.546. The molecule has 0 unspecified atom stereocenters. The predicted octanol–water partition coefficient (Wildman–Crippen LogP) is -0.876. The molecule has 2 atom stereocenters. The highest BCUT2D eigenvalue weighted by molar-refractivity contribution is 7.46. The number of rotatable bonds is 7. The number of phosphoric acid groups is 1. The lowest BCUT2D eigenvalue weighted by Gasteiger charge is -2.44. The molecule has 22 heavy (non-hydrogen) atoms. The average Bonchev–Trinajstić information content (AvgIpc) is 2.37. The summed E-state index contributed by atoms with van der Waals surface area (Å²) in [5, 5.41) is 0. The normalized spacial score (nSPS) is 23.0. The van der Waals surface area contributed by atoms with Crippen molar-refractivity contribution in [2.75, 3.05) is 20.3 Å². The lowest BCUT2D eigenvalue weighted by molar-refractivity contribution is -0.226. The van der Waals surface area contributed by atoms with Crippen LogP contribution in [-0.2, 0) is 24.3 Å². The van der Waals surface area contributed by atoms with Crippen LogP contribution < -0.4 is 11.2 Å². The second-order valence-electron chi connectivity index (χ2n) is 4.87. The van der Waals surface area contributed by atoms with Crippen LogP contribution >= 0.6 is 7.82 Å². The van der Waals surface area contributed by atoms with E-state index < -0.39 is 30.9 Å². The van der Waals surface area contributed by atoms with Crippen LogP contribution in [0, 0.1) is 0 Å². The Morgan fingerprint density at radius 1 is 1.55 bits per heavy atom. The number of methoxy groups -OCH3 is 1. The molecule has 11 heteroatoms. The van der Waals surface area contributed by atoms with Crippen molar-refractivity contribution in [3.63, 3.8) is 0 Å². The van der Waals surface area contributed by atoms with Gasteiger partial charge in [-0.3, -0.25) is 18.9 Å². The van der Waals surface area contributed by atoms with E-state index in [1.165, 1.54) is 23.9 Å². The number of nitrogens with zero attached hydrogens (tertiary/aromatic N) is 1. The molecule has 10 nitrogen and oxygen atoms in total. The zero-order valence-corrected chi connectivity index (χ0v) is 12.7. The van der Waals surface area contributed by atoms with Crippen molar-refractivity contribution in [2.24, 2.45) is 0 Å². The van der Waals surface area contributed by atoms with Gasteiger partial charge in [0.1, 0.15) is 0 Å². The van der Waals surface area contributed by atoms with Crippen molar-refractivity contribution in [3.05, 3.63) is 33.1 Å². The molecule has 0 radical (unpaired) electrons. The molecule has 2 heterocycles. The molecule has 3 N–H and O–H groups in total. The van der Waals surface area contributed by atoms with E-state index >= 15 is 0 Å². The van der Waals surface area contributed by atoms with Gasteiger partial charge in [-0.15, -0.1) is 0 Å². The van der Waals surface area contributed by atoms with E-state index in [9.17, 15) is 14.2 Å². The minimum Gasteiger partial charge on any atom is -0.379 e. The summed E-state index contributed by atoms with van der Waals surface area (Å²) in [6.07, 6.45) is 1.24. The molecule has 0 spiro atoms. The fourth-order valence-electron chi connectivity index (χ4n) is 2.27. The van der Waals surface area contributed by atoms with Gasteiger partial charge in [0.25, 0.3) is 5.56 Å². The summed E-state index contributed by atoms with van der Waals surface area (Å²) in [6, 6.07) is 1.19. The zero-order valence-electron chi connectivity index (χ0n) is 11.8. The number of nitrogens with one attached hydrogen (secondary N) is 1. The second-order valence-corrected chi connectivity index (χ2v) is 6.11. The highest BCUT2D eigenvalue weighted by Gasteiger charge is 2.43. The number of aromatic amines is 1. The summed E-state index contributed by atoms with van der Waals surface area (Å²) in [5.41, 5.74) is -2.18. The van der Waals surface area contributed by atoms with Gasteiger partial charge >= 0.3 is 13.5 Å². The van der Waals surface area contributed by atoms with Crippen LogP contribution in [0.3, 0.4) is 0 Å². The standard InChI is InChI=1S/C11H17N2O8P/c1-19-8(7-21-22(16,17)18)6-11(3-5-20-11)13-4-2-9(14)12-10(13)15/h2,4,8H,3,5-7H2,1H3,(H,12,14,15)(H2,16,17,18)/t8-,11+/m0/s1. The molecule has 1 aliphatic rings. The summed E-state index contributed by atoms with van der Waals surface area (Å²) >= 11 is 0. The number of hydrogen-bond acceptors (Lipinski definition) is 6. The molecule has 0 aliphatic carbocycles. The van der Waals surface area contributed by atoms with Gasteiger partial charge in [0.2, 0.25) is 0 Å². The number of ether oxygens (including phenoxy) is 2. The van der Waals surface area contributed by atoms with E-state index in [-0.39, 0.29) is 13.0 Å². The van der Waals surface area contributed by atoms with Gasteiger partial charge in [-0.05, 0) is 0 Å².